The minimum Gasteiger partial charge on any atom is -0.330 e. The molecule has 0 aliphatic carbocycles. The maximum Gasteiger partial charge on any atom is 0.111 e. The number of benzene rings is 2. The van der Waals surface area contributed by atoms with Gasteiger partial charge in [0.25, 0.3) is 0 Å². The minimum atomic E-state index is 0.566. The summed E-state index contributed by atoms with van der Waals surface area (Å²) in [6, 6.07) is 17.2. The normalized spacial score (nSPS) is 11.5. The SMILES string of the molecule is CC(C)c1ccc(Cn2c(CCN)nc3ccccc32)cc1. The van der Waals surface area contributed by atoms with Gasteiger partial charge in [-0.15, -0.1) is 0 Å². The monoisotopic (exact) mass is 293 g/mol. The summed E-state index contributed by atoms with van der Waals surface area (Å²) in [4.78, 5) is 4.73. The highest BCUT2D eigenvalue weighted by molar-refractivity contribution is 5.76. The number of nitrogens with zero attached hydrogens (tertiary/aromatic N) is 2. The van der Waals surface area contributed by atoms with Crippen molar-refractivity contribution < 1.29 is 0 Å². The first-order valence-electron chi connectivity index (χ1n) is 7.92. The van der Waals surface area contributed by atoms with Crippen molar-refractivity contribution in [1.29, 1.82) is 0 Å². The third-order valence-corrected chi connectivity index (χ3v) is 4.09. The van der Waals surface area contributed by atoms with Crippen molar-refractivity contribution in [3.8, 4) is 0 Å². The Hall–Kier alpha value is -2.13. The van der Waals surface area contributed by atoms with Gasteiger partial charge in [0.15, 0.2) is 0 Å². The average molecular weight is 293 g/mol. The van der Waals surface area contributed by atoms with Gasteiger partial charge in [-0.25, -0.2) is 4.98 Å². The van der Waals surface area contributed by atoms with Crippen LogP contribution in [0.1, 0.15) is 36.7 Å². The van der Waals surface area contributed by atoms with Gasteiger partial charge in [-0.3, -0.25) is 0 Å². The van der Waals surface area contributed by atoms with E-state index in [2.05, 4.69) is 60.9 Å². The van der Waals surface area contributed by atoms with Gasteiger partial charge in [0.05, 0.1) is 11.0 Å². The molecule has 1 heterocycles. The van der Waals surface area contributed by atoms with E-state index in [4.69, 9.17) is 10.7 Å². The van der Waals surface area contributed by atoms with E-state index >= 15 is 0 Å². The van der Waals surface area contributed by atoms with Gasteiger partial charge in [-0.05, 0) is 35.7 Å². The van der Waals surface area contributed by atoms with Crippen LogP contribution in [0.2, 0.25) is 0 Å². The Bertz CT molecular complexity index is 754. The summed E-state index contributed by atoms with van der Waals surface area (Å²) in [5.74, 6) is 1.63. The third kappa shape index (κ3) is 2.90. The molecule has 114 valence electrons. The number of hydrogen-bond acceptors (Lipinski definition) is 2. The maximum atomic E-state index is 5.74. The first-order valence-corrected chi connectivity index (χ1v) is 7.92. The Morgan fingerprint density at radius 2 is 1.77 bits per heavy atom. The highest BCUT2D eigenvalue weighted by atomic mass is 15.1. The Labute approximate surface area is 131 Å². The van der Waals surface area contributed by atoms with Crippen LogP contribution in [0.4, 0.5) is 0 Å². The van der Waals surface area contributed by atoms with Crippen LogP contribution in [-0.2, 0) is 13.0 Å². The van der Waals surface area contributed by atoms with Gasteiger partial charge in [-0.1, -0.05) is 50.2 Å². The quantitative estimate of drug-likeness (QED) is 0.779. The molecule has 0 atom stereocenters. The molecule has 3 heteroatoms. The first-order chi connectivity index (χ1) is 10.7. The minimum absolute atomic E-state index is 0.566. The lowest BCUT2D eigenvalue weighted by Crippen LogP contribution is -2.11. The fourth-order valence-corrected chi connectivity index (χ4v) is 2.81. The van der Waals surface area contributed by atoms with Crippen LogP contribution in [0.5, 0.6) is 0 Å². The summed E-state index contributed by atoms with van der Waals surface area (Å²) in [6.07, 6.45) is 0.804. The van der Waals surface area contributed by atoms with Crippen molar-refractivity contribution >= 4 is 11.0 Å². The Kier molecular flexibility index (Phi) is 4.25. The number of rotatable bonds is 5. The largest absolute Gasteiger partial charge is 0.330 e. The lowest BCUT2D eigenvalue weighted by atomic mass is 10.0. The van der Waals surface area contributed by atoms with Crippen LogP contribution in [0.25, 0.3) is 11.0 Å². The van der Waals surface area contributed by atoms with Crippen LogP contribution in [0.15, 0.2) is 48.5 Å². The number of para-hydroxylation sites is 2. The van der Waals surface area contributed by atoms with Crippen molar-refractivity contribution in [2.75, 3.05) is 6.54 Å². The Morgan fingerprint density at radius 3 is 2.45 bits per heavy atom. The lowest BCUT2D eigenvalue weighted by Gasteiger charge is -2.11. The molecule has 0 spiro atoms. The summed E-state index contributed by atoms with van der Waals surface area (Å²) in [5, 5.41) is 0. The van der Waals surface area contributed by atoms with Crippen molar-refractivity contribution in [3.63, 3.8) is 0 Å². The van der Waals surface area contributed by atoms with Crippen molar-refractivity contribution in [2.45, 2.75) is 32.7 Å². The molecule has 3 aromatic rings. The molecule has 0 unspecified atom stereocenters. The van der Waals surface area contributed by atoms with Crippen LogP contribution >= 0.6 is 0 Å². The zero-order valence-electron chi connectivity index (χ0n) is 13.3. The van der Waals surface area contributed by atoms with E-state index < -0.39 is 0 Å². The Balaban J connectivity index is 1.96. The summed E-state index contributed by atoms with van der Waals surface area (Å²) < 4.78 is 2.28. The van der Waals surface area contributed by atoms with Crippen molar-refractivity contribution in [3.05, 3.63) is 65.5 Å². The fourth-order valence-electron chi connectivity index (χ4n) is 2.81. The lowest BCUT2D eigenvalue weighted by molar-refractivity contribution is 0.734. The zero-order valence-corrected chi connectivity index (χ0v) is 13.3. The molecule has 0 saturated carbocycles. The molecule has 3 rings (SSSR count). The second-order valence-corrected chi connectivity index (χ2v) is 6.04. The summed E-state index contributed by atoms with van der Waals surface area (Å²) >= 11 is 0. The molecular weight excluding hydrogens is 270 g/mol. The van der Waals surface area contributed by atoms with Gasteiger partial charge in [0, 0.05) is 13.0 Å². The smallest absolute Gasteiger partial charge is 0.111 e. The molecule has 0 fully saturated rings. The molecule has 22 heavy (non-hydrogen) atoms. The molecule has 0 aliphatic heterocycles. The van der Waals surface area contributed by atoms with Gasteiger partial charge < -0.3 is 10.3 Å². The van der Waals surface area contributed by atoms with Crippen molar-refractivity contribution in [2.24, 2.45) is 5.73 Å². The van der Waals surface area contributed by atoms with E-state index in [1.54, 1.807) is 0 Å². The van der Waals surface area contributed by atoms with Crippen LogP contribution in [-0.4, -0.2) is 16.1 Å². The summed E-state index contributed by atoms with van der Waals surface area (Å²) in [5.41, 5.74) is 10.6. The van der Waals surface area contributed by atoms with Gasteiger partial charge in [-0.2, -0.15) is 0 Å². The number of nitrogens with two attached hydrogens (primary N) is 1. The predicted octanol–water partition coefficient (Wildman–Crippen LogP) is 3.71. The molecule has 0 amide bonds. The van der Waals surface area contributed by atoms with E-state index in [0.717, 1.165) is 24.3 Å². The van der Waals surface area contributed by atoms with E-state index in [-0.39, 0.29) is 0 Å². The second kappa shape index (κ2) is 6.32. The van der Waals surface area contributed by atoms with E-state index in [1.807, 2.05) is 6.07 Å². The topological polar surface area (TPSA) is 43.8 Å². The number of imidazole rings is 1. The molecule has 2 N–H and O–H groups in total. The molecule has 2 aromatic carbocycles. The average Bonchev–Trinajstić information content (AvgIpc) is 2.86. The van der Waals surface area contributed by atoms with Crippen molar-refractivity contribution in [1.82, 2.24) is 9.55 Å². The summed E-state index contributed by atoms with van der Waals surface area (Å²) in [6.45, 7) is 5.90. The second-order valence-electron chi connectivity index (χ2n) is 6.04. The summed E-state index contributed by atoms with van der Waals surface area (Å²) in [7, 11) is 0. The van der Waals surface area contributed by atoms with E-state index in [1.165, 1.54) is 16.6 Å². The molecule has 3 nitrogen and oxygen atoms in total. The molecule has 0 bridgehead atoms. The highest BCUT2D eigenvalue weighted by Gasteiger charge is 2.10. The molecular formula is C19H23N3. The Morgan fingerprint density at radius 1 is 1.05 bits per heavy atom. The predicted molar refractivity (Wildman–Crippen MR) is 92.1 cm³/mol. The van der Waals surface area contributed by atoms with Crippen LogP contribution in [0.3, 0.4) is 0 Å². The van der Waals surface area contributed by atoms with Gasteiger partial charge >= 0.3 is 0 Å². The van der Waals surface area contributed by atoms with Crippen LogP contribution in [0, 0.1) is 0 Å². The number of fused-ring (bicyclic) bond motifs is 1. The molecule has 0 saturated heterocycles. The molecule has 0 aliphatic rings. The maximum absolute atomic E-state index is 5.74. The molecule has 0 radical (unpaired) electrons. The van der Waals surface area contributed by atoms with Gasteiger partial charge in [0.1, 0.15) is 5.82 Å². The highest BCUT2D eigenvalue weighted by Crippen LogP contribution is 2.20. The number of aromatic nitrogens is 2. The number of hydrogen-bond donors (Lipinski definition) is 1. The first kappa shape index (κ1) is 14.8. The van der Waals surface area contributed by atoms with Crippen LogP contribution < -0.4 is 5.73 Å². The van der Waals surface area contributed by atoms with E-state index in [9.17, 15) is 0 Å². The standard InChI is InChI=1S/C19H23N3/c1-14(2)16-9-7-15(8-10-16)13-22-18-6-4-3-5-17(18)21-19(22)11-12-20/h3-10,14H,11-13,20H2,1-2H3. The fraction of sp³-hybridized carbons (Fsp3) is 0.316. The van der Waals surface area contributed by atoms with Gasteiger partial charge in [0.2, 0.25) is 0 Å². The third-order valence-electron chi connectivity index (χ3n) is 4.09. The van der Waals surface area contributed by atoms with E-state index in [0.29, 0.717) is 12.5 Å². The zero-order chi connectivity index (χ0) is 15.5. The molecule has 1 aromatic heterocycles.